The van der Waals surface area contributed by atoms with Gasteiger partial charge in [-0.15, -0.1) is 0 Å². The Balaban J connectivity index is 2.02. The number of hydrogen-bond donors (Lipinski definition) is 3. The molecule has 2 rings (SSSR count). The molecule has 0 spiro atoms. The highest BCUT2D eigenvalue weighted by Gasteiger charge is 2.20. The minimum absolute atomic E-state index is 0.0874. The van der Waals surface area contributed by atoms with Gasteiger partial charge >= 0.3 is 0 Å². The van der Waals surface area contributed by atoms with Crippen LogP contribution < -0.4 is 15.0 Å². The van der Waals surface area contributed by atoms with Crippen LogP contribution in [0.4, 0.5) is 10.1 Å². The van der Waals surface area contributed by atoms with E-state index in [9.17, 15) is 9.50 Å². The third-order valence-corrected chi connectivity index (χ3v) is 3.27. The molecule has 1 unspecified atom stereocenters. The van der Waals surface area contributed by atoms with Gasteiger partial charge in [-0.3, -0.25) is 0 Å². The van der Waals surface area contributed by atoms with E-state index in [0.717, 1.165) is 26.2 Å². The maximum absolute atomic E-state index is 14.1. The number of benzene rings is 1. The van der Waals surface area contributed by atoms with Crippen LogP contribution in [0, 0.1) is 5.82 Å². The first-order chi connectivity index (χ1) is 9.52. The highest BCUT2D eigenvalue weighted by Crippen LogP contribution is 2.25. The van der Waals surface area contributed by atoms with Crippen molar-refractivity contribution in [1.82, 2.24) is 5.32 Å². The van der Waals surface area contributed by atoms with Gasteiger partial charge < -0.3 is 25.2 Å². The minimum atomic E-state index is -1.33. The van der Waals surface area contributed by atoms with Crippen LogP contribution in [0.1, 0.15) is 6.92 Å². The zero-order valence-corrected chi connectivity index (χ0v) is 11.6. The molecular formula is C14H21FN2O3. The normalized spacial score (nSPS) is 18.7. The molecule has 0 aromatic heterocycles. The number of hydrogen-bond acceptors (Lipinski definition) is 5. The van der Waals surface area contributed by atoms with Crippen LogP contribution in [-0.2, 0) is 0 Å². The largest absolute Gasteiger partial charge is 0.490 e. The van der Waals surface area contributed by atoms with E-state index in [1.807, 2.05) is 4.90 Å². The van der Waals surface area contributed by atoms with E-state index in [2.05, 4.69) is 5.32 Å². The third kappa shape index (κ3) is 3.82. The van der Waals surface area contributed by atoms with Crippen LogP contribution in [-0.4, -0.2) is 55.2 Å². The lowest BCUT2D eigenvalue weighted by molar-refractivity contribution is -0.0325. The Labute approximate surface area is 118 Å². The quantitative estimate of drug-likeness (QED) is 0.728. The van der Waals surface area contributed by atoms with E-state index in [4.69, 9.17) is 9.84 Å². The number of nitrogens with one attached hydrogen (secondary N) is 1. The van der Waals surface area contributed by atoms with Gasteiger partial charge in [0.05, 0.1) is 12.3 Å². The van der Waals surface area contributed by atoms with Gasteiger partial charge in [-0.25, -0.2) is 4.39 Å². The van der Waals surface area contributed by atoms with Gasteiger partial charge in [0, 0.05) is 32.2 Å². The second-order valence-corrected chi connectivity index (χ2v) is 5.29. The second-order valence-electron chi connectivity index (χ2n) is 5.29. The second kappa shape index (κ2) is 6.39. The summed E-state index contributed by atoms with van der Waals surface area (Å²) >= 11 is 0. The molecule has 1 aromatic carbocycles. The van der Waals surface area contributed by atoms with Crippen molar-refractivity contribution < 1.29 is 19.3 Å². The first-order valence-corrected chi connectivity index (χ1v) is 6.73. The van der Waals surface area contributed by atoms with E-state index in [1.54, 1.807) is 12.1 Å². The van der Waals surface area contributed by atoms with Crippen LogP contribution >= 0.6 is 0 Å². The van der Waals surface area contributed by atoms with Crippen LogP contribution in [0.3, 0.4) is 0 Å². The lowest BCUT2D eigenvalue weighted by atomic mass is 10.1. The lowest BCUT2D eigenvalue weighted by Crippen LogP contribution is -2.43. The Morgan fingerprint density at radius 2 is 2.10 bits per heavy atom. The Hall–Kier alpha value is -1.37. The summed E-state index contributed by atoms with van der Waals surface area (Å²) in [5.74, 6) is 0.00292. The highest BCUT2D eigenvalue weighted by atomic mass is 19.1. The number of ether oxygens (including phenoxy) is 1. The SMILES string of the molecule is CC(O)(CO)COc1ccc(N2CCNCC2)c(F)c1. The molecule has 112 valence electrons. The van der Waals surface area contributed by atoms with Crippen molar-refractivity contribution in [3.05, 3.63) is 24.0 Å². The average molecular weight is 284 g/mol. The Morgan fingerprint density at radius 3 is 2.70 bits per heavy atom. The molecule has 0 radical (unpaired) electrons. The molecule has 3 N–H and O–H groups in total. The van der Waals surface area contributed by atoms with E-state index in [0.29, 0.717) is 11.4 Å². The predicted molar refractivity (Wildman–Crippen MR) is 74.7 cm³/mol. The van der Waals surface area contributed by atoms with Crippen molar-refractivity contribution in [2.75, 3.05) is 44.3 Å². The first-order valence-electron chi connectivity index (χ1n) is 6.73. The van der Waals surface area contributed by atoms with E-state index < -0.39 is 12.2 Å². The molecule has 6 heteroatoms. The van der Waals surface area contributed by atoms with Gasteiger partial charge in [0.2, 0.25) is 0 Å². The van der Waals surface area contributed by atoms with Crippen molar-refractivity contribution >= 4 is 5.69 Å². The molecule has 1 aliphatic rings. The number of rotatable bonds is 5. The maximum Gasteiger partial charge on any atom is 0.150 e. The van der Waals surface area contributed by atoms with Crippen LogP contribution in [0.5, 0.6) is 5.75 Å². The maximum atomic E-state index is 14.1. The number of nitrogens with zero attached hydrogens (tertiary/aromatic N) is 1. The van der Waals surface area contributed by atoms with Crippen molar-refractivity contribution in [2.24, 2.45) is 0 Å². The van der Waals surface area contributed by atoms with Crippen molar-refractivity contribution in [2.45, 2.75) is 12.5 Å². The molecule has 1 atom stereocenters. The summed E-state index contributed by atoms with van der Waals surface area (Å²) in [5.41, 5.74) is -0.763. The summed E-state index contributed by atoms with van der Waals surface area (Å²) in [6, 6.07) is 4.67. The molecule has 0 amide bonds. The van der Waals surface area contributed by atoms with Crippen molar-refractivity contribution in [3.8, 4) is 5.75 Å². The minimum Gasteiger partial charge on any atom is -0.490 e. The van der Waals surface area contributed by atoms with Gasteiger partial charge in [0.1, 0.15) is 23.8 Å². The number of piperazine rings is 1. The topological polar surface area (TPSA) is 65.0 Å². The molecule has 1 saturated heterocycles. The van der Waals surface area contributed by atoms with Crippen molar-refractivity contribution in [1.29, 1.82) is 0 Å². The predicted octanol–water partition coefficient (Wildman–Crippen LogP) is 0.357. The fourth-order valence-electron chi connectivity index (χ4n) is 2.02. The summed E-state index contributed by atoms with van der Waals surface area (Å²) in [5, 5.41) is 21.8. The molecule has 20 heavy (non-hydrogen) atoms. The van der Waals surface area contributed by atoms with Gasteiger partial charge in [-0.05, 0) is 19.1 Å². The zero-order valence-electron chi connectivity index (χ0n) is 11.6. The first kappa shape index (κ1) is 15.0. The number of anilines is 1. The average Bonchev–Trinajstić information content (AvgIpc) is 2.46. The van der Waals surface area contributed by atoms with E-state index in [-0.39, 0.29) is 12.4 Å². The smallest absolute Gasteiger partial charge is 0.150 e. The molecule has 1 aliphatic heterocycles. The highest BCUT2D eigenvalue weighted by molar-refractivity contribution is 5.51. The monoisotopic (exact) mass is 284 g/mol. The number of halogens is 1. The molecule has 0 aliphatic carbocycles. The Morgan fingerprint density at radius 1 is 1.40 bits per heavy atom. The Bertz CT molecular complexity index is 448. The summed E-state index contributed by atoms with van der Waals surface area (Å²) in [6.45, 7) is 4.20. The molecule has 5 nitrogen and oxygen atoms in total. The number of aliphatic hydroxyl groups is 2. The molecule has 0 saturated carbocycles. The van der Waals surface area contributed by atoms with E-state index in [1.165, 1.54) is 13.0 Å². The van der Waals surface area contributed by atoms with Crippen LogP contribution in [0.15, 0.2) is 18.2 Å². The summed E-state index contributed by atoms with van der Waals surface area (Å²) in [4.78, 5) is 1.99. The molecular weight excluding hydrogens is 263 g/mol. The summed E-state index contributed by atoms with van der Waals surface area (Å²) in [6.07, 6.45) is 0. The third-order valence-electron chi connectivity index (χ3n) is 3.27. The fraction of sp³-hybridized carbons (Fsp3) is 0.571. The summed E-state index contributed by atoms with van der Waals surface area (Å²) in [7, 11) is 0. The van der Waals surface area contributed by atoms with Crippen LogP contribution in [0.2, 0.25) is 0 Å². The van der Waals surface area contributed by atoms with Gasteiger partial charge in [0.15, 0.2) is 0 Å². The molecule has 0 bridgehead atoms. The van der Waals surface area contributed by atoms with E-state index >= 15 is 0 Å². The summed E-state index contributed by atoms with van der Waals surface area (Å²) < 4.78 is 19.4. The lowest BCUT2D eigenvalue weighted by Gasteiger charge is -2.30. The van der Waals surface area contributed by atoms with Crippen LogP contribution in [0.25, 0.3) is 0 Å². The fourth-order valence-corrected chi connectivity index (χ4v) is 2.02. The van der Waals surface area contributed by atoms with Crippen molar-refractivity contribution in [3.63, 3.8) is 0 Å². The molecule has 1 heterocycles. The zero-order chi connectivity index (χ0) is 14.6. The molecule has 1 fully saturated rings. The molecule has 1 aromatic rings. The number of aliphatic hydroxyl groups excluding tert-OH is 1. The van der Waals surface area contributed by atoms with Gasteiger partial charge in [-0.2, -0.15) is 0 Å². The Kier molecular flexibility index (Phi) is 4.80. The van der Waals surface area contributed by atoms with Gasteiger partial charge in [-0.1, -0.05) is 0 Å². The van der Waals surface area contributed by atoms with Gasteiger partial charge in [0.25, 0.3) is 0 Å². The standard InChI is InChI=1S/C14H21FN2O3/c1-14(19,9-18)10-20-11-2-3-13(12(15)8-11)17-6-4-16-5-7-17/h2-3,8,16,18-19H,4-7,9-10H2,1H3.